The van der Waals surface area contributed by atoms with E-state index in [0.717, 1.165) is 42.5 Å². The number of aromatic nitrogens is 2. The van der Waals surface area contributed by atoms with Crippen LogP contribution in [0.1, 0.15) is 56.9 Å². The van der Waals surface area contributed by atoms with Gasteiger partial charge in [-0.1, -0.05) is 51.5 Å². The van der Waals surface area contributed by atoms with Crippen LogP contribution in [0.5, 0.6) is 0 Å². The van der Waals surface area contributed by atoms with Crippen molar-refractivity contribution in [1.29, 1.82) is 0 Å². The summed E-state index contributed by atoms with van der Waals surface area (Å²) in [7, 11) is 0. The number of benzene rings is 1. The number of fused-ring (bicyclic) bond motifs is 1. The Balaban J connectivity index is 1.75. The second-order valence-electron chi connectivity index (χ2n) is 7.07. The minimum atomic E-state index is 0.815. The second kappa shape index (κ2) is 7.25. The first-order valence-corrected chi connectivity index (χ1v) is 9.13. The Hall–Kier alpha value is -1.70. The molecule has 0 saturated heterocycles. The summed E-state index contributed by atoms with van der Waals surface area (Å²) < 4.78 is 0. The maximum absolute atomic E-state index is 4.86. The Bertz CT molecular complexity index is 645. The summed E-state index contributed by atoms with van der Waals surface area (Å²) >= 11 is 0. The van der Waals surface area contributed by atoms with Gasteiger partial charge in [-0.2, -0.15) is 0 Å². The Morgan fingerprint density at radius 2 is 1.96 bits per heavy atom. The quantitative estimate of drug-likeness (QED) is 0.754. The molecule has 0 spiro atoms. The highest BCUT2D eigenvalue weighted by atomic mass is 14.9. The fraction of sp³-hybridized carbons (Fsp3) is 0.524. The Morgan fingerprint density at radius 3 is 2.65 bits per heavy atom. The van der Waals surface area contributed by atoms with Gasteiger partial charge < -0.3 is 0 Å². The van der Waals surface area contributed by atoms with Crippen LogP contribution in [0.4, 0.5) is 0 Å². The summed E-state index contributed by atoms with van der Waals surface area (Å²) in [5, 5.41) is 0. The summed E-state index contributed by atoms with van der Waals surface area (Å²) in [5.74, 6) is 2.53. The lowest BCUT2D eigenvalue weighted by atomic mass is 9.81. The van der Waals surface area contributed by atoms with Crippen molar-refractivity contribution < 1.29 is 0 Å². The molecule has 0 N–H and O–H groups in total. The highest BCUT2D eigenvalue weighted by Crippen LogP contribution is 2.30. The number of hydrogen-bond donors (Lipinski definition) is 0. The molecule has 1 aromatic heterocycles. The van der Waals surface area contributed by atoms with E-state index in [-0.39, 0.29) is 0 Å². The smallest absolute Gasteiger partial charge is 0.159 e. The van der Waals surface area contributed by atoms with Gasteiger partial charge in [-0.25, -0.2) is 9.97 Å². The summed E-state index contributed by atoms with van der Waals surface area (Å²) in [4.78, 5) is 9.50. The molecule has 2 unspecified atom stereocenters. The molecular formula is C21H28N2. The summed E-state index contributed by atoms with van der Waals surface area (Å²) in [6, 6.07) is 8.66. The third kappa shape index (κ3) is 3.80. The molecule has 1 aliphatic carbocycles. The van der Waals surface area contributed by atoms with Crippen LogP contribution in [0.15, 0.2) is 30.5 Å². The first kappa shape index (κ1) is 16.2. The van der Waals surface area contributed by atoms with E-state index < -0.39 is 0 Å². The molecule has 0 radical (unpaired) electrons. The van der Waals surface area contributed by atoms with Crippen molar-refractivity contribution >= 4 is 0 Å². The number of rotatable bonds is 5. The molecule has 1 aromatic carbocycles. The van der Waals surface area contributed by atoms with Crippen molar-refractivity contribution in [2.24, 2.45) is 11.8 Å². The van der Waals surface area contributed by atoms with Gasteiger partial charge in [-0.05, 0) is 55.1 Å². The number of aryl methyl sites for hydroxylation is 2. The molecule has 0 aliphatic heterocycles. The lowest BCUT2D eigenvalue weighted by Gasteiger charge is -2.26. The van der Waals surface area contributed by atoms with E-state index in [1.165, 1.54) is 36.1 Å². The molecule has 2 atom stereocenters. The molecule has 0 saturated carbocycles. The van der Waals surface area contributed by atoms with Crippen molar-refractivity contribution in [2.75, 3.05) is 0 Å². The van der Waals surface area contributed by atoms with Gasteiger partial charge in [0.2, 0.25) is 0 Å². The third-order valence-corrected chi connectivity index (χ3v) is 5.31. The van der Waals surface area contributed by atoms with Crippen molar-refractivity contribution in [2.45, 2.75) is 59.3 Å². The van der Waals surface area contributed by atoms with Crippen LogP contribution in [0.3, 0.4) is 0 Å². The topological polar surface area (TPSA) is 25.8 Å². The summed E-state index contributed by atoms with van der Waals surface area (Å²) in [6.07, 6.45) is 9.33. The van der Waals surface area contributed by atoms with Crippen LogP contribution in [0.25, 0.3) is 11.4 Å². The average molecular weight is 308 g/mol. The fourth-order valence-corrected chi connectivity index (χ4v) is 3.55. The van der Waals surface area contributed by atoms with Crippen molar-refractivity contribution in [1.82, 2.24) is 9.97 Å². The summed E-state index contributed by atoms with van der Waals surface area (Å²) in [6.45, 7) is 6.84. The minimum Gasteiger partial charge on any atom is -0.236 e. The zero-order chi connectivity index (χ0) is 16.2. The van der Waals surface area contributed by atoms with E-state index in [9.17, 15) is 0 Å². The molecule has 2 heteroatoms. The zero-order valence-electron chi connectivity index (χ0n) is 14.7. The van der Waals surface area contributed by atoms with Crippen LogP contribution in [0, 0.1) is 11.8 Å². The van der Waals surface area contributed by atoms with E-state index >= 15 is 0 Å². The first-order valence-electron chi connectivity index (χ1n) is 9.13. The molecule has 2 aromatic rings. The molecule has 3 rings (SSSR count). The largest absolute Gasteiger partial charge is 0.236 e. The standard InChI is InChI=1S/C21H28N2/c1-4-15(3)12-17-8-11-20-19(13-17)14-22-21(23-20)18-9-6-16(5-2)7-10-18/h6-7,9-10,14-15,17H,4-5,8,11-13H2,1-3H3. The Kier molecular flexibility index (Phi) is 5.09. The molecule has 23 heavy (non-hydrogen) atoms. The van der Waals surface area contributed by atoms with Crippen LogP contribution in [-0.2, 0) is 19.3 Å². The maximum Gasteiger partial charge on any atom is 0.159 e. The normalized spacial score (nSPS) is 18.5. The van der Waals surface area contributed by atoms with Crippen molar-refractivity contribution in [3.63, 3.8) is 0 Å². The van der Waals surface area contributed by atoms with Gasteiger partial charge >= 0.3 is 0 Å². The molecule has 1 heterocycles. The molecule has 0 fully saturated rings. The van der Waals surface area contributed by atoms with Gasteiger partial charge in [0, 0.05) is 17.5 Å². The van der Waals surface area contributed by atoms with Gasteiger partial charge in [0.1, 0.15) is 0 Å². The first-order chi connectivity index (χ1) is 11.2. The van der Waals surface area contributed by atoms with E-state index in [0.29, 0.717) is 0 Å². The van der Waals surface area contributed by atoms with E-state index in [1.807, 2.05) is 0 Å². The molecule has 0 bridgehead atoms. The maximum atomic E-state index is 4.86. The van der Waals surface area contributed by atoms with Crippen LogP contribution >= 0.6 is 0 Å². The van der Waals surface area contributed by atoms with E-state index in [2.05, 4.69) is 56.2 Å². The van der Waals surface area contributed by atoms with Gasteiger partial charge in [0.25, 0.3) is 0 Å². The fourth-order valence-electron chi connectivity index (χ4n) is 3.55. The van der Waals surface area contributed by atoms with Gasteiger partial charge in [0.15, 0.2) is 5.82 Å². The highest BCUT2D eigenvalue weighted by Gasteiger charge is 2.22. The number of nitrogens with zero attached hydrogens (tertiary/aromatic N) is 2. The monoisotopic (exact) mass is 308 g/mol. The lowest BCUT2D eigenvalue weighted by Crippen LogP contribution is -2.18. The Morgan fingerprint density at radius 1 is 1.17 bits per heavy atom. The van der Waals surface area contributed by atoms with Gasteiger partial charge in [-0.15, -0.1) is 0 Å². The molecule has 2 nitrogen and oxygen atoms in total. The van der Waals surface area contributed by atoms with E-state index in [4.69, 9.17) is 4.98 Å². The number of hydrogen-bond acceptors (Lipinski definition) is 2. The molecule has 1 aliphatic rings. The van der Waals surface area contributed by atoms with Crippen molar-refractivity contribution in [3.8, 4) is 11.4 Å². The van der Waals surface area contributed by atoms with Crippen molar-refractivity contribution in [3.05, 3.63) is 47.3 Å². The van der Waals surface area contributed by atoms with Gasteiger partial charge in [-0.3, -0.25) is 0 Å². The molecule has 0 amide bonds. The third-order valence-electron chi connectivity index (χ3n) is 5.31. The van der Waals surface area contributed by atoms with Gasteiger partial charge in [0.05, 0.1) is 0 Å². The molecular weight excluding hydrogens is 280 g/mol. The second-order valence-corrected chi connectivity index (χ2v) is 7.07. The van der Waals surface area contributed by atoms with E-state index in [1.54, 1.807) is 0 Å². The minimum absolute atomic E-state index is 0.815. The highest BCUT2D eigenvalue weighted by molar-refractivity contribution is 5.55. The summed E-state index contributed by atoms with van der Waals surface area (Å²) in [5.41, 5.74) is 5.14. The SMILES string of the molecule is CCc1ccc(-c2ncc3c(n2)CCC(CC(C)CC)C3)cc1. The molecule has 122 valence electrons. The predicted octanol–water partition coefficient (Wildman–Crippen LogP) is 5.25. The predicted molar refractivity (Wildman–Crippen MR) is 96.4 cm³/mol. The zero-order valence-corrected chi connectivity index (χ0v) is 14.7. The van der Waals surface area contributed by atoms with Crippen LogP contribution < -0.4 is 0 Å². The Labute approximate surface area is 140 Å². The van der Waals surface area contributed by atoms with Crippen LogP contribution in [0.2, 0.25) is 0 Å². The average Bonchev–Trinajstić information content (AvgIpc) is 2.61. The van der Waals surface area contributed by atoms with Crippen LogP contribution in [-0.4, -0.2) is 9.97 Å². The lowest BCUT2D eigenvalue weighted by molar-refractivity contribution is 0.346.